The third kappa shape index (κ3) is 4.81. The minimum atomic E-state index is 0. The zero-order valence-corrected chi connectivity index (χ0v) is 17.1. The van der Waals surface area contributed by atoms with Gasteiger partial charge < -0.3 is 37.2 Å². The van der Waals surface area contributed by atoms with Crippen molar-refractivity contribution in [3.8, 4) is 11.1 Å². The van der Waals surface area contributed by atoms with Crippen LogP contribution in [0.2, 0.25) is 0 Å². The second-order valence-electron chi connectivity index (χ2n) is 4.99. The van der Waals surface area contributed by atoms with Crippen LogP contribution in [0.15, 0.2) is 54.6 Å². The molecular formula is C19H19Cl3Ti. The third-order valence-corrected chi connectivity index (χ3v) is 3.96. The molecule has 0 nitrogen and oxygen atoms in total. The molecule has 0 unspecified atom stereocenters. The minimum Gasteiger partial charge on any atom is -1.00 e. The van der Waals surface area contributed by atoms with Crippen molar-refractivity contribution in [2.45, 2.75) is 26.7 Å². The Morgan fingerprint density at radius 3 is 2.09 bits per heavy atom. The summed E-state index contributed by atoms with van der Waals surface area (Å²) in [6.07, 6.45) is 2.21. The molecule has 0 aliphatic heterocycles. The van der Waals surface area contributed by atoms with Crippen molar-refractivity contribution in [3.05, 3.63) is 65.7 Å². The summed E-state index contributed by atoms with van der Waals surface area (Å²) < 4.78 is 0. The van der Waals surface area contributed by atoms with E-state index in [2.05, 4.69) is 68.4 Å². The van der Waals surface area contributed by atoms with Gasteiger partial charge in [-0.1, -0.05) is 72.5 Å². The van der Waals surface area contributed by atoms with Crippen LogP contribution in [-0.4, -0.2) is 0 Å². The SMILES string of the molecule is CCc1cc(-c2ccccc2)c2[cH-]ccc2c1CC.[Cl-].[Cl-].[Cl-].[Ti+4]. The molecule has 3 rings (SSSR count). The van der Waals surface area contributed by atoms with Gasteiger partial charge in [-0.15, -0.1) is 16.8 Å². The molecule has 3 aromatic carbocycles. The van der Waals surface area contributed by atoms with Crippen LogP contribution in [0.5, 0.6) is 0 Å². The van der Waals surface area contributed by atoms with Crippen LogP contribution < -0.4 is 37.2 Å². The van der Waals surface area contributed by atoms with E-state index in [1.54, 1.807) is 0 Å². The summed E-state index contributed by atoms with van der Waals surface area (Å²) in [5.41, 5.74) is 5.69. The molecule has 0 radical (unpaired) electrons. The molecule has 4 heteroatoms. The van der Waals surface area contributed by atoms with Gasteiger partial charge in [-0.05, 0) is 12.8 Å². The second kappa shape index (κ2) is 11.2. The van der Waals surface area contributed by atoms with Crippen molar-refractivity contribution in [1.82, 2.24) is 0 Å². The Morgan fingerprint density at radius 1 is 0.870 bits per heavy atom. The van der Waals surface area contributed by atoms with Crippen LogP contribution in [-0.2, 0) is 34.6 Å². The van der Waals surface area contributed by atoms with Gasteiger partial charge in [-0.3, -0.25) is 0 Å². The fourth-order valence-corrected chi connectivity index (χ4v) is 3.02. The summed E-state index contributed by atoms with van der Waals surface area (Å²) in [7, 11) is 0. The molecule has 23 heavy (non-hydrogen) atoms. The quantitative estimate of drug-likeness (QED) is 0.314. The average Bonchev–Trinajstić information content (AvgIpc) is 2.95. The van der Waals surface area contributed by atoms with E-state index in [0.29, 0.717) is 0 Å². The van der Waals surface area contributed by atoms with Crippen molar-refractivity contribution in [1.29, 1.82) is 0 Å². The smallest absolute Gasteiger partial charge is 1.00 e. The number of fused-ring (bicyclic) bond motifs is 1. The van der Waals surface area contributed by atoms with E-state index >= 15 is 0 Å². The summed E-state index contributed by atoms with van der Waals surface area (Å²) in [4.78, 5) is 0. The number of halogens is 3. The molecule has 120 valence electrons. The second-order valence-corrected chi connectivity index (χ2v) is 4.99. The number of hydrogen-bond donors (Lipinski definition) is 0. The summed E-state index contributed by atoms with van der Waals surface area (Å²) in [5.74, 6) is 0. The Morgan fingerprint density at radius 2 is 1.52 bits per heavy atom. The standard InChI is InChI=1S/C19H19.3ClH.Ti/c1-3-14-13-19(15-9-6-5-7-10-15)18-12-8-11-17(18)16(14)4-2;;;;/h5-13H,3-4H2,1-2H3;3*1H;/q-1;;;;+4/p-3. The number of aryl methyl sites for hydroxylation is 2. The van der Waals surface area contributed by atoms with Gasteiger partial charge in [-0.2, -0.15) is 12.1 Å². The molecule has 0 saturated carbocycles. The Bertz CT molecular complexity index is 705. The maximum atomic E-state index is 2.39. The molecule has 0 heterocycles. The average molecular weight is 402 g/mol. The van der Waals surface area contributed by atoms with E-state index in [9.17, 15) is 0 Å². The molecule has 0 amide bonds. The fourth-order valence-electron chi connectivity index (χ4n) is 3.02. The molecule has 0 bridgehead atoms. The van der Waals surface area contributed by atoms with Gasteiger partial charge in [0.25, 0.3) is 0 Å². The Kier molecular flexibility index (Phi) is 12.2. The first kappa shape index (κ1) is 24.9. The van der Waals surface area contributed by atoms with E-state index in [4.69, 9.17) is 0 Å². The van der Waals surface area contributed by atoms with Crippen molar-refractivity contribution in [2.24, 2.45) is 0 Å². The largest absolute Gasteiger partial charge is 4.00 e. The van der Waals surface area contributed by atoms with Crippen molar-refractivity contribution >= 4 is 10.8 Å². The normalized spacial score (nSPS) is 9.13. The van der Waals surface area contributed by atoms with Gasteiger partial charge in [0.2, 0.25) is 0 Å². The molecule has 0 fully saturated rings. The molecule has 0 N–H and O–H groups in total. The molecule has 0 aliphatic carbocycles. The topological polar surface area (TPSA) is 0 Å². The molecule has 3 aromatic rings. The Hall–Kier alpha value is -0.366. The maximum Gasteiger partial charge on any atom is 4.00 e. The van der Waals surface area contributed by atoms with Crippen LogP contribution in [0.4, 0.5) is 0 Å². The van der Waals surface area contributed by atoms with Crippen LogP contribution >= 0.6 is 0 Å². The van der Waals surface area contributed by atoms with Crippen LogP contribution in [0.1, 0.15) is 25.0 Å². The van der Waals surface area contributed by atoms with Crippen molar-refractivity contribution < 1.29 is 58.9 Å². The zero-order valence-electron chi connectivity index (χ0n) is 13.2. The fraction of sp³-hybridized carbons (Fsp3) is 0.211. The van der Waals surface area contributed by atoms with Crippen LogP contribution in [0.3, 0.4) is 0 Å². The molecule has 0 atom stereocenters. The molecule has 0 spiro atoms. The van der Waals surface area contributed by atoms with Crippen molar-refractivity contribution in [2.75, 3.05) is 0 Å². The minimum absolute atomic E-state index is 0. The van der Waals surface area contributed by atoms with Crippen molar-refractivity contribution in [3.63, 3.8) is 0 Å². The first-order chi connectivity index (χ1) is 9.35. The number of rotatable bonds is 3. The Balaban J connectivity index is 0. The van der Waals surface area contributed by atoms with Gasteiger partial charge in [-0.25, -0.2) is 0 Å². The third-order valence-electron chi connectivity index (χ3n) is 3.96. The van der Waals surface area contributed by atoms with E-state index in [1.807, 2.05) is 0 Å². The van der Waals surface area contributed by atoms with E-state index in [0.717, 1.165) is 12.8 Å². The van der Waals surface area contributed by atoms with E-state index < -0.39 is 0 Å². The summed E-state index contributed by atoms with van der Waals surface area (Å²) in [6.45, 7) is 4.50. The first-order valence-corrected chi connectivity index (χ1v) is 7.10. The molecule has 0 aliphatic rings. The summed E-state index contributed by atoms with van der Waals surface area (Å²) in [6, 6.07) is 19.8. The van der Waals surface area contributed by atoms with E-state index in [-0.39, 0.29) is 58.9 Å². The van der Waals surface area contributed by atoms with Gasteiger partial charge in [0.1, 0.15) is 0 Å². The van der Waals surface area contributed by atoms with Gasteiger partial charge in [0.05, 0.1) is 0 Å². The van der Waals surface area contributed by atoms with E-state index in [1.165, 1.54) is 33.0 Å². The van der Waals surface area contributed by atoms with Gasteiger partial charge >= 0.3 is 21.7 Å². The zero-order chi connectivity index (χ0) is 13.2. The van der Waals surface area contributed by atoms with Gasteiger partial charge in [0.15, 0.2) is 0 Å². The monoisotopic (exact) mass is 400 g/mol. The predicted octanol–water partition coefficient (Wildman–Crippen LogP) is -3.64. The number of benzene rings is 2. The summed E-state index contributed by atoms with van der Waals surface area (Å²) >= 11 is 0. The summed E-state index contributed by atoms with van der Waals surface area (Å²) in [5, 5.41) is 2.82. The van der Waals surface area contributed by atoms with Crippen LogP contribution in [0, 0.1) is 0 Å². The molecule has 0 saturated heterocycles. The predicted molar refractivity (Wildman–Crippen MR) is 83.7 cm³/mol. The maximum absolute atomic E-state index is 2.39. The molecular weight excluding hydrogens is 382 g/mol. The molecule has 0 aromatic heterocycles. The first-order valence-electron chi connectivity index (χ1n) is 7.10. The van der Waals surface area contributed by atoms with Gasteiger partial charge in [0, 0.05) is 0 Å². The Labute approximate surface area is 172 Å². The number of hydrogen-bond acceptors (Lipinski definition) is 0. The van der Waals surface area contributed by atoms with Crippen LogP contribution in [0.25, 0.3) is 21.9 Å².